The van der Waals surface area contributed by atoms with Crippen molar-refractivity contribution in [3.8, 4) is 0 Å². The number of carbonyl (C=O) groups excluding carboxylic acids is 1. The van der Waals surface area contributed by atoms with Crippen LogP contribution < -0.4 is 5.32 Å². The van der Waals surface area contributed by atoms with Gasteiger partial charge in [0.15, 0.2) is 10.4 Å². The van der Waals surface area contributed by atoms with E-state index >= 15 is 0 Å². The van der Waals surface area contributed by atoms with Gasteiger partial charge in [0, 0.05) is 23.3 Å². The second-order valence-corrected chi connectivity index (χ2v) is 8.77. The number of nitrogens with one attached hydrogen (secondary N) is 1. The lowest BCUT2D eigenvalue weighted by atomic mass is 9.81. The number of carbonyl (C=O) groups is 1. The van der Waals surface area contributed by atoms with Crippen molar-refractivity contribution >= 4 is 41.6 Å². The molecule has 0 bridgehead atoms. The van der Waals surface area contributed by atoms with E-state index in [-0.39, 0.29) is 20.7 Å². The van der Waals surface area contributed by atoms with E-state index in [0.29, 0.717) is 12.5 Å². The van der Waals surface area contributed by atoms with Crippen LogP contribution >= 0.6 is 26.6 Å². The molecule has 1 amide bonds. The minimum absolute atomic E-state index is 0.0825. The van der Waals surface area contributed by atoms with Gasteiger partial charge >= 0.3 is 0 Å². The largest absolute Gasteiger partial charge is 0.443 e. The maximum absolute atomic E-state index is 11.9. The number of hydrogen-bond acceptors (Lipinski definition) is 4. The lowest BCUT2D eigenvalue weighted by molar-refractivity contribution is 0.0895. The first-order valence-electron chi connectivity index (χ1n) is 5.97. The highest BCUT2D eigenvalue weighted by Gasteiger charge is 2.26. The fraction of sp³-hybridized carbons (Fsp3) is 0.583. The summed E-state index contributed by atoms with van der Waals surface area (Å²) in [6.07, 6.45) is 0. The molecule has 20 heavy (non-hydrogen) atoms. The van der Waals surface area contributed by atoms with Gasteiger partial charge in [-0.1, -0.05) is 27.7 Å². The number of halogens is 2. The summed E-state index contributed by atoms with van der Waals surface area (Å²) in [5, 5.41) is 2.72. The van der Waals surface area contributed by atoms with Gasteiger partial charge in [0.1, 0.15) is 4.90 Å². The van der Waals surface area contributed by atoms with Gasteiger partial charge in [0.05, 0.1) is 0 Å². The van der Waals surface area contributed by atoms with E-state index in [1.165, 1.54) is 0 Å². The molecule has 0 unspecified atom stereocenters. The fourth-order valence-corrected chi connectivity index (χ4v) is 3.26. The summed E-state index contributed by atoms with van der Waals surface area (Å²) >= 11 is 2.92. The minimum atomic E-state index is -3.95. The second-order valence-electron chi connectivity index (χ2n) is 5.51. The van der Waals surface area contributed by atoms with Crippen molar-refractivity contribution in [3.05, 3.63) is 16.5 Å². The van der Waals surface area contributed by atoms with Gasteiger partial charge < -0.3 is 9.73 Å². The molecule has 1 aromatic rings. The standard InChI is InChI=1S/C12H17BrClNO4S/c1-7(2)12(3,4)6-15-11(16)8-5-9(10(13)19-8)20(14,17)18/h5,7H,6H2,1-4H3,(H,15,16). The van der Waals surface area contributed by atoms with Gasteiger partial charge in [-0.3, -0.25) is 4.79 Å². The second kappa shape index (κ2) is 6.07. The predicted octanol–water partition coefficient (Wildman–Crippen LogP) is 3.38. The number of furan rings is 1. The Bertz CT molecular complexity index is 607. The molecule has 0 radical (unpaired) electrons. The number of amides is 1. The van der Waals surface area contributed by atoms with Crippen molar-refractivity contribution in [2.45, 2.75) is 32.6 Å². The predicted molar refractivity (Wildman–Crippen MR) is 80.4 cm³/mol. The number of hydrogen-bond donors (Lipinski definition) is 1. The van der Waals surface area contributed by atoms with Gasteiger partial charge in [-0.05, 0) is 27.3 Å². The Kier molecular flexibility index (Phi) is 5.32. The molecule has 0 fully saturated rings. The lowest BCUT2D eigenvalue weighted by Crippen LogP contribution is -2.36. The third-order valence-electron chi connectivity index (χ3n) is 3.41. The molecule has 0 saturated heterocycles. The normalized spacial score (nSPS) is 12.8. The fourth-order valence-electron chi connectivity index (χ4n) is 1.23. The van der Waals surface area contributed by atoms with E-state index in [2.05, 4.69) is 35.1 Å². The van der Waals surface area contributed by atoms with Crippen LogP contribution in [0, 0.1) is 11.3 Å². The summed E-state index contributed by atoms with van der Waals surface area (Å²) in [6.45, 7) is 8.64. The van der Waals surface area contributed by atoms with Crippen molar-refractivity contribution in [1.29, 1.82) is 0 Å². The highest BCUT2D eigenvalue weighted by molar-refractivity contribution is 9.10. The first-order chi connectivity index (χ1) is 8.95. The molecule has 0 aliphatic heterocycles. The molecule has 0 aliphatic rings. The zero-order valence-electron chi connectivity index (χ0n) is 11.7. The average Bonchev–Trinajstić information content (AvgIpc) is 2.68. The Hall–Kier alpha value is -0.530. The van der Waals surface area contributed by atoms with Crippen LogP contribution in [-0.2, 0) is 9.05 Å². The third kappa shape index (κ3) is 4.23. The average molecular weight is 387 g/mol. The lowest BCUT2D eigenvalue weighted by Gasteiger charge is -2.29. The molecule has 1 rings (SSSR count). The molecule has 1 heterocycles. The molecule has 8 heteroatoms. The van der Waals surface area contributed by atoms with Crippen LogP contribution in [0.4, 0.5) is 0 Å². The zero-order valence-corrected chi connectivity index (χ0v) is 14.8. The Balaban J connectivity index is 2.85. The molecular weight excluding hydrogens is 370 g/mol. The summed E-state index contributed by atoms with van der Waals surface area (Å²) in [6, 6.07) is 1.10. The summed E-state index contributed by atoms with van der Waals surface area (Å²) in [5.74, 6) is -0.202. The first kappa shape index (κ1) is 17.5. The van der Waals surface area contributed by atoms with E-state index in [0.717, 1.165) is 6.07 Å². The topological polar surface area (TPSA) is 76.4 Å². The van der Waals surface area contributed by atoms with Crippen molar-refractivity contribution in [3.63, 3.8) is 0 Å². The van der Waals surface area contributed by atoms with Gasteiger partial charge in [-0.25, -0.2) is 8.42 Å². The molecule has 0 spiro atoms. The maximum atomic E-state index is 11.9. The van der Waals surface area contributed by atoms with Gasteiger partial charge in [0.25, 0.3) is 15.0 Å². The van der Waals surface area contributed by atoms with Crippen LogP contribution in [0.3, 0.4) is 0 Å². The Morgan fingerprint density at radius 2 is 2.05 bits per heavy atom. The van der Waals surface area contributed by atoms with Crippen molar-refractivity contribution in [2.24, 2.45) is 11.3 Å². The van der Waals surface area contributed by atoms with Crippen molar-refractivity contribution < 1.29 is 17.6 Å². The highest BCUT2D eigenvalue weighted by Crippen LogP contribution is 2.29. The SMILES string of the molecule is CC(C)C(C)(C)CNC(=O)c1cc(S(=O)(=O)Cl)c(Br)o1. The Labute approximate surface area is 131 Å². The summed E-state index contributed by atoms with van der Waals surface area (Å²) < 4.78 is 27.5. The molecule has 114 valence electrons. The molecular formula is C12H17BrClNO4S. The summed E-state index contributed by atoms with van der Waals surface area (Å²) in [7, 11) is 1.27. The van der Waals surface area contributed by atoms with E-state index in [9.17, 15) is 13.2 Å². The monoisotopic (exact) mass is 385 g/mol. The molecule has 0 aliphatic carbocycles. The first-order valence-corrected chi connectivity index (χ1v) is 9.07. The van der Waals surface area contributed by atoms with E-state index in [1.807, 2.05) is 13.8 Å². The zero-order chi connectivity index (χ0) is 15.7. The third-order valence-corrected chi connectivity index (χ3v) is 5.59. The molecule has 0 atom stereocenters. The maximum Gasteiger partial charge on any atom is 0.287 e. The molecule has 1 N–H and O–H groups in total. The van der Waals surface area contributed by atoms with Crippen LogP contribution in [0.15, 0.2) is 20.0 Å². The molecule has 0 saturated carbocycles. The van der Waals surface area contributed by atoms with Crippen LogP contribution in [-0.4, -0.2) is 20.9 Å². The summed E-state index contributed by atoms with van der Waals surface area (Å²) in [4.78, 5) is 11.7. The van der Waals surface area contributed by atoms with Crippen molar-refractivity contribution in [2.75, 3.05) is 6.54 Å². The Morgan fingerprint density at radius 1 is 1.50 bits per heavy atom. The van der Waals surface area contributed by atoms with E-state index < -0.39 is 15.0 Å². The van der Waals surface area contributed by atoms with E-state index in [1.54, 1.807) is 0 Å². The van der Waals surface area contributed by atoms with Crippen molar-refractivity contribution in [1.82, 2.24) is 5.32 Å². The quantitative estimate of drug-likeness (QED) is 0.787. The molecule has 5 nitrogen and oxygen atoms in total. The van der Waals surface area contributed by atoms with Crippen LogP contribution in [0.5, 0.6) is 0 Å². The van der Waals surface area contributed by atoms with Gasteiger partial charge in [0.2, 0.25) is 0 Å². The molecule has 0 aromatic carbocycles. The minimum Gasteiger partial charge on any atom is -0.443 e. The Morgan fingerprint density at radius 3 is 2.45 bits per heavy atom. The highest BCUT2D eigenvalue weighted by atomic mass is 79.9. The van der Waals surface area contributed by atoms with Crippen LogP contribution in [0.2, 0.25) is 0 Å². The molecule has 1 aromatic heterocycles. The van der Waals surface area contributed by atoms with Gasteiger partial charge in [-0.15, -0.1) is 0 Å². The van der Waals surface area contributed by atoms with Crippen LogP contribution in [0.25, 0.3) is 0 Å². The summed E-state index contributed by atoms with van der Waals surface area (Å²) in [5.41, 5.74) is -0.0825. The number of rotatable bonds is 5. The smallest absolute Gasteiger partial charge is 0.287 e. The van der Waals surface area contributed by atoms with Crippen LogP contribution in [0.1, 0.15) is 38.2 Å². The van der Waals surface area contributed by atoms with E-state index in [4.69, 9.17) is 15.1 Å². The van der Waals surface area contributed by atoms with Gasteiger partial charge in [-0.2, -0.15) is 0 Å².